The van der Waals surface area contributed by atoms with Crippen molar-refractivity contribution in [1.29, 1.82) is 0 Å². The lowest BCUT2D eigenvalue weighted by molar-refractivity contribution is -0.383. The van der Waals surface area contributed by atoms with Crippen molar-refractivity contribution in [3.63, 3.8) is 0 Å². The zero-order valence-electron chi connectivity index (χ0n) is 9.70. The van der Waals surface area contributed by atoms with Crippen molar-refractivity contribution in [2.45, 2.75) is 6.42 Å². The summed E-state index contributed by atoms with van der Waals surface area (Å²) >= 11 is 0. The Morgan fingerprint density at radius 1 is 1.56 bits per heavy atom. The van der Waals surface area contributed by atoms with Crippen LogP contribution in [0, 0.1) is 16.0 Å². The molecule has 6 heteroatoms. The second-order valence-electron chi connectivity index (χ2n) is 4.17. The number of anilines is 2. The van der Waals surface area contributed by atoms with Crippen LogP contribution >= 0.6 is 0 Å². The molecule has 2 rings (SSSR count). The molecule has 1 unspecified atom stereocenters. The van der Waals surface area contributed by atoms with E-state index in [2.05, 4.69) is 6.58 Å². The summed E-state index contributed by atoms with van der Waals surface area (Å²) in [4.78, 5) is 23.6. The number of nitrogen functional groups attached to an aromatic ring is 1. The number of rotatable bonds is 3. The fourth-order valence-electron chi connectivity index (χ4n) is 2.06. The number of hydrogen-bond acceptors (Lipinski definition) is 4. The first-order chi connectivity index (χ1) is 8.54. The first-order valence-electron chi connectivity index (χ1n) is 5.50. The lowest BCUT2D eigenvalue weighted by Gasteiger charge is -2.18. The number of carbonyl (C=O) groups excluding carboxylic acids is 1. The highest BCUT2D eigenvalue weighted by molar-refractivity contribution is 5.99. The third-order valence-corrected chi connectivity index (χ3v) is 3.04. The van der Waals surface area contributed by atoms with Crippen LogP contribution in [0.1, 0.15) is 6.42 Å². The molecule has 1 aliphatic rings. The molecule has 94 valence electrons. The van der Waals surface area contributed by atoms with Crippen LogP contribution in [-0.2, 0) is 4.79 Å². The van der Waals surface area contributed by atoms with E-state index in [1.165, 1.54) is 17.0 Å². The molecule has 1 amide bonds. The molecule has 0 spiro atoms. The van der Waals surface area contributed by atoms with Gasteiger partial charge in [-0.2, -0.15) is 0 Å². The van der Waals surface area contributed by atoms with Gasteiger partial charge in [-0.1, -0.05) is 12.1 Å². The molecule has 18 heavy (non-hydrogen) atoms. The summed E-state index contributed by atoms with van der Waals surface area (Å²) in [7, 11) is 0. The van der Waals surface area contributed by atoms with E-state index >= 15 is 0 Å². The van der Waals surface area contributed by atoms with Crippen LogP contribution in [-0.4, -0.2) is 17.4 Å². The molecule has 1 heterocycles. The number of nitrogens with zero attached hydrogens (tertiary/aromatic N) is 2. The van der Waals surface area contributed by atoms with E-state index in [0.717, 1.165) is 0 Å². The number of nitro groups is 1. The molecule has 2 N–H and O–H groups in total. The van der Waals surface area contributed by atoms with Crippen molar-refractivity contribution in [2.24, 2.45) is 5.92 Å². The van der Waals surface area contributed by atoms with Crippen LogP contribution < -0.4 is 10.6 Å². The number of carbonyl (C=O) groups is 1. The minimum Gasteiger partial charge on any atom is -0.391 e. The van der Waals surface area contributed by atoms with Gasteiger partial charge in [0.05, 0.1) is 10.6 Å². The number of para-hydroxylation sites is 1. The van der Waals surface area contributed by atoms with Crippen molar-refractivity contribution >= 4 is 23.0 Å². The van der Waals surface area contributed by atoms with E-state index in [9.17, 15) is 14.9 Å². The number of hydrogen-bond donors (Lipinski definition) is 1. The van der Waals surface area contributed by atoms with E-state index in [4.69, 9.17) is 5.73 Å². The number of amides is 1. The molecule has 1 saturated heterocycles. The molecule has 1 aromatic carbocycles. The van der Waals surface area contributed by atoms with E-state index in [-0.39, 0.29) is 23.2 Å². The maximum Gasteiger partial charge on any atom is 0.294 e. The smallest absolute Gasteiger partial charge is 0.294 e. The summed E-state index contributed by atoms with van der Waals surface area (Å²) in [6, 6.07) is 4.47. The summed E-state index contributed by atoms with van der Waals surface area (Å²) in [5.41, 5.74) is 6.00. The van der Waals surface area contributed by atoms with Gasteiger partial charge in [0.15, 0.2) is 0 Å². The zero-order chi connectivity index (χ0) is 13.3. The molecule has 0 aliphatic carbocycles. The lowest BCUT2D eigenvalue weighted by Crippen LogP contribution is -2.25. The zero-order valence-corrected chi connectivity index (χ0v) is 9.70. The van der Waals surface area contributed by atoms with E-state index in [1.54, 1.807) is 12.1 Å². The Morgan fingerprint density at radius 2 is 2.28 bits per heavy atom. The Bertz CT molecular complexity index is 527. The average Bonchev–Trinajstić information content (AvgIpc) is 2.70. The molecule has 0 aromatic heterocycles. The molecule has 0 bridgehead atoms. The summed E-state index contributed by atoms with van der Waals surface area (Å²) in [6.07, 6.45) is 2.08. The van der Waals surface area contributed by atoms with Crippen LogP contribution in [0.25, 0.3) is 0 Å². The Morgan fingerprint density at radius 3 is 2.83 bits per heavy atom. The van der Waals surface area contributed by atoms with Gasteiger partial charge in [-0.25, -0.2) is 0 Å². The van der Waals surface area contributed by atoms with Gasteiger partial charge in [-0.05, 0) is 6.07 Å². The number of nitrogens with two attached hydrogens (primary N) is 1. The minimum atomic E-state index is -0.551. The Kier molecular flexibility index (Phi) is 3.01. The lowest BCUT2D eigenvalue weighted by atomic mass is 10.1. The van der Waals surface area contributed by atoms with E-state index in [0.29, 0.717) is 18.7 Å². The maximum absolute atomic E-state index is 11.8. The molecule has 1 fully saturated rings. The Labute approximate surface area is 104 Å². The van der Waals surface area contributed by atoms with Gasteiger partial charge >= 0.3 is 0 Å². The van der Waals surface area contributed by atoms with Crippen LogP contribution in [0.15, 0.2) is 30.9 Å². The highest BCUT2D eigenvalue weighted by atomic mass is 16.6. The van der Waals surface area contributed by atoms with Gasteiger partial charge in [-0.15, -0.1) is 6.58 Å². The van der Waals surface area contributed by atoms with Crippen LogP contribution in [0.4, 0.5) is 17.1 Å². The molecule has 1 atom stereocenters. The van der Waals surface area contributed by atoms with Gasteiger partial charge in [0.1, 0.15) is 5.69 Å². The first kappa shape index (κ1) is 12.1. The monoisotopic (exact) mass is 247 g/mol. The van der Waals surface area contributed by atoms with E-state index < -0.39 is 4.92 Å². The third kappa shape index (κ3) is 1.92. The van der Waals surface area contributed by atoms with Crippen molar-refractivity contribution in [2.75, 3.05) is 17.2 Å². The number of nitro benzene ring substituents is 1. The predicted molar refractivity (Wildman–Crippen MR) is 68.2 cm³/mol. The van der Waals surface area contributed by atoms with Crippen LogP contribution in [0.3, 0.4) is 0 Å². The van der Waals surface area contributed by atoms with Crippen molar-refractivity contribution in [1.82, 2.24) is 0 Å². The standard InChI is InChI=1S/C12H13N3O3/c1-2-8-6-11(16)14(7-8)9-4-3-5-10(12(9)13)15(17)18/h2-5,8H,1,6-7,13H2. The first-order valence-corrected chi connectivity index (χ1v) is 5.50. The number of benzene rings is 1. The second kappa shape index (κ2) is 4.48. The van der Waals surface area contributed by atoms with Gasteiger partial charge < -0.3 is 10.6 Å². The fraction of sp³-hybridized carbons (Fsp3) is 0.250. The minimum absolute atomic E-state index is 0.0283. The van der Waals surface area contributed by atoms with Crippen LogP contribution in [0.5, 0.6) is 0 Å². The largest absolute Gasteiger partial charge is 0.391 e. The van der Waals surface area contributed by atoms with Gasteiger partial charge in [0.25, 0.3) is 5.69 Å². The van der Waals surface area contributed by atoms with E-state index in [1.807, 2.05) is 0 Å². The molecule has 1 aliphatic heterocycles. The highest BCUT2D eigenvalue weighted by Crippen LogP contribution is 2.35. The van der Waals surface area contributed by atoms with Gasteiger partial charge in [0.2, 0.25) is 5.91 Å². The Hall–Kier alpha value is -2.37. The maximum atomic E-state index is 11.8. The summed E-state index contributed by atoms with van der Waals surface area (Å²) in [5.74, 6) is -0.0248. The fourth-order valence-corrected chi connectivity index (χ4v) is 2.06. The normalized spacial score (nSPS) is 19.0. The molecule has 0 saturated carbocycles. The molecular weight excluding hydrogens is 234 g/mol. The molecule has 0 radical (unpaired) electrons. The molecule has 1 aromatic rings. The van der Waals surface area contributed by atoms with Gasteiger partial charge in [-0.3, -0.25) is 14.9 Å². The molecule has 6 nitrogen and oxygen atoms in total. The van der Waals surface area contributed by atoms with Gasteiger partial charge in [0, 0.05) is 24.9 Å². The SMILES string of the molecule is C=CC1CC(=O)N(c2cccc([N+](=O)[O-])c2N)C1. The quantitative estimate of drug-likeness (QED) is 0.381. The van der Waals surface area contributed by atoms with Crippen LogP contribution in [0.2, 0.25) is 0 Å². The third-order valence-electron chi connectivity index (χ3n) is 3.04. The Balaban J connectivity index is 2.40. The highest BCUT2D eigenvalue weighted by Gasteiger charge is 2.31. The van der Waals surface area contributed by atoms with Crippen molar-refractivity contribution < 1.29 is 9.72 Å². The average molecular weight is 247 g/mol. The van der Waals surface area contributed by atoms with Crippen molar-refractivity contribution in [3.8, 4) is 0 Å². The summed E-state index contributed by atoms with van der Waals surface area (Å²) in [5, 5.41) is 10.8. The molecular formula is C12H13N3O3. The summed E-state index contributed by atoms with van der Waals surface area (Å²) in [6.45, 7) is 4.12. The summed E-state index contributed by atoms with van der Waals surface area (Å²) < 4.78 is 0. The predicted octanol–water partition coefficient (Wildman–Crippen LogP) is 1.72. The topological polar surface area (TPSA) is 89.5 Å². The van der Waals surface area contributed by atoms with Crippen molar-refractivity contribution in [3.05, 3.63) is 41.0 Å². The second-order valence-corrected chi connectivity index (χ2v) is 4.17.